The second kappa shape index (κ2) is 8.01. The number of nitrogens with one attached hydrogen (secondary N) is 1. The van der Waals surface area contributed by atoms with Crippen LogP contribution in [0, 0.1) is 0 Å². The number of anilines is 2. The quantitative estimate of drug-likeness (QED) is 0.579. The SMILES string of the molecule is CCCCCSCC(=O)Nc1cccc(N)c1. The second-order valence-electron chi connectivity index (χ2n) is 3.93. The minimum absolute atomic E-state index is 0.0390. The van der Waals surface area contributed by atoms with Crippen LogP contribution in [0.1, 0.15) is 26.2 Å². The van der Waals surface area contributed by atoms with Crippen molar-refractivity contribution < 1.29 is 4.79 Å². The predicted octanol–water partition coefficient (Wildman–Crippen LogP) is 3.13. The molecule has 1 amide bonds. The van der Waals surface area contributed by atoms with Crippen molar-refractivity contribution in [3.8, 4) is 0 Å². The first-order valence-electron chi connectivity index (χ1n) is 5.95. The first kappa shape index (κ1) is 13.9. The van der Waals surface area contributed by atoms with E-state index in [9.17, 15) is 4.79 Å². The maximum atomic E-state index is 11.6. The van der Waals surface area contributed by atoms with Crippen LogP contribution in [0.25, 0.3) is 0 Å². The van der Waals surface area contributed by atoms with Crippen LogP contribution in [0.15, 0.2) is 24.3 Å². The van der Waals surface area contributed by atoms with Crippen molar-refractivity contribution in [2.45, 2.75) is 26.2 Å². The molecule has 0 unspecified atom stereocenters. The number of hydrogen-bond acceptors (Lipinski definition) is 3. The molecule has 0 atom stereocenters. The van der Waals surface area contributed by atoms with Crippen LogP contribution < -0.4 is 11.1 Å². The number of amides is 1. The van der Waals surface area contributed by atoms with Crippen molar-refractivity contribution in [2.24, 2.45) is 0 Å². The largest absolute Gasteiger partial charge is 0.399 e. The van der Waals surface area contributed by atoms with Gasteiger partial charge in [-0.2, -0.15) is 11.8 Å². The van der Waals surface area contributed by atoms with Crippen LogP contribution in [-0.4, -0.2) is 17.4 Å². The van der Waals surface area contributed by atoms with Gasteiger partial charge in [-0.25, -0.2) is 0 Å². The standard InChI is InChI=1S/C13H20N2OS/c1-2-3-4-8-17-10-13(16)15-12-7-5-6-11(14)9-12/h5-7,9H,2-4,8,10,14H2,1H3,(H,15,16). The average molecular weight is 252 g/mol. The maximum Gasteiger partial charge on any atom is 0.234 e. The molecule has 0 saturated carbocycles. The normalized spacial score (nSPS) is 10.2. The third-order valence-corrected chi connectivity index (χ3v) is 3.34. The van der Waals surface area contributed by atoms with E-state index in [2.05, 4.69) is 12.2 Å². The maximum absolute atomic E-state index is 11.6. The molecule has 0 spiro atoms. The number of benzene rings is 1. The lowest BCUT2D eigenvalue weighted by molar-refractivity contribution is -0.113. The molecule has 4 heteroatoms. The number of nitrogens with two attached hydrogens (primary N) is 1. The van der Waals surface area contributed by atoms with Crippen LogP contribution in [0.2, 0.25) is 0 Å². The van der Waals surface area contributed by atoms with Crippen molar-refractivity contribution in [3.63, 3.8) is 0 Å². The summed E-state index contributed by atoms with van der Waals surface area (Å²) in [7, 11) is 0. The molecular formula is C13H20N2OS. The molecule has 0 aliphatic rings. The van der Waals surface area contributed by atoms with E-state index in [0.717, 1.165) is 11.4 Å². The fourth-order valence-corrected chi connectivity index (χ4v) is 2.24. The summed E-state index contributed by atoms with van der Waals surface area (Å²) >= 11 is 1.68. The molecule has 0 aliphatic carbocycles. The zero-order chi connectivity index (χ0) is 12.5. The van der Waals surface area contributed by atoms with Gasteiger partial charge in [-0.3, -0.25) is 4.79 Å². The molecule has 0 saturated heterocycles. The molecule has 0 aromatic heterocycles. The molecule has 17 heavy (non-hydrogen) atoms. The molecule has 0 radical (unpaired) electrons. The summed E-state index contributed by atoms with van der Waals surface area (Å²) in [5.74, 6) is 1.61. The molecule has 1 aromatic carbocycles. The zero-order valence-corrected chi connectivity index (χ0v) is 11.1. The molecule has 1 rings (SSSR count). The molecular weight excluding hydrogens is 232 g/mol. The van der Waals surface area contributed by atoms with Gasteiger partial charge in [-0.1, -0.05) is 25.8 Å². The summed E-state index contributed by atoms with van der Waals surface area (Å²) in [6.07, 6.45) is 3.65. The van der Waals surface area contributed by atoms with Crippen LogP contribution >= 0.6 is 11.8 Å². The van der Waals surface area contributed by atoms with E-state index in [1.807, 2.05) is 12.1 Å². The monoisotopic (exact) mass is 252 g/mol. The van der Waals surface area contributed by atoms with E-state index in [1.54, 1.807) is 23.9 Å². The first-order chi connectivity index (χ1) is 8.22. The average Bonchev–Trinajstić information content (AvgIpc) is 2.29. The van der Waals surface area contributed by atoms with Gasteiger partial charge in [0.25, 0.3) is 0 Å². The molecule has 3 nitrogen and oxygen atoms in total. The number of carbonyl (C=O) groups excluding carboxylic acids is 1. The van der Waals surface area contributed by atoms with E-state index in [-0.39, 0.29) is 5.91 Å². The number of nitrogen functional groups attached to an aromatic ring is 1. The van der Waals surface area contributed by atoms with E-state index in [4.69, 9.17) is 5.73 Å². The highest BCUT2D eigenvalue weighted by molar-refractivity contribution is 7.99. The lowest BCUT2D eigenvalue weighted by Crippen LogP contribution is -2.14. The highest BCUT2D eigenvalue weighted by Crippen LogP contribution is 2.13. The zero-order valence-electron chi connectivity index (χ0n) is 10.2. The van der Waals surface area contributed by atoms with Crippen LogP contribution in [0.3, 0.4) is 0 Å². The van der Waals surface area contributed by atoms with Crippen molar-refractivity contribution in [3.05, 3.63) is 24.3 Å². The van der Waals surface area contributed by atoms with Gasteiger partial charge in [0, 0.05) is 11.4 Å². The van der Waals surface area contributed by atoms with Crippen LogP contribution in [-0.2, 0) is 4.79 Å². The van der Waals surface area contributed by atoms with Gasteiger partial charge in [0.05, 0.1) is 5.75 Å². The highest BCUT2D eigenvalue weighted by Gasteiger charge is 2.02. The number of unbranched alkanes of at least 4 members (excludes halogenated alkanes) is 2. The molecule has 94 valence electrons. The van der Waals surface area contributed by atoms with Gasteiger partial charge in [-0.15, -0.1) is 0 Å². The Morgan fingerprint density at radius 1 is 1.41 bits per heavy atom. The molecule has 0 aliphatic heterocycles. The van der Waals surface area contributed by atoms with Crippen molar-refractivity contribution in [1.82, 2.24) is 0 Å². The van der Waals surface area contributed by atoms with Crippen LogP contribution in [0.5, 0.6) is 0 Å². The summed E-state index contributed by atoms with van der Waals surface area (Å²) in [4.78, 5) is 11.6. The Kier molecular flexibility index (Phi) is 6.55. The van der Waals surface area contributed by atoms with E-state index >= 15 is 0 Å². The van der Waals surface area contributed by atoms with Gasteiger partial charge in [0.15, 0.2) is 0 Å². The molecule has 0 bridgehead atoms. The first-order valence-corrected chi connectivity index (χ1v) is 7.11. The van der Waals surface area contributed by atoms with Gasteiger partial charge >= 0.3 is 0 Å². The molecule has 0 fully saturated rings. The van der Waals surface area contributed by atoms with Gasteiger partial charge in [0.1, 0.15) is 0 Å². The van der Waals surface area contributed by atoms with Crippen molar-refractivity contribution in [1.29, 1.82) is 0 Å². The Morgan fingerprint density at radius 2 is 2.24 bits per heavy atom. The Labute approximate surface area is 107 Å². The van der Waals surface area contributed by atoms with E-state index in [0.29, 0.717) is 11.4 Å². The topological polar surface area (TPSA) is 55.1 Å². The Bertz CT molecular complexity index is 355. The smallest absolute Gasteiger partial charge is 0.234 e. The van der Waals surface area contributed by atoms with Gasteiger partial charge in [0.2, 0.25) is 5.91 Å². The lowest BCUT2D eigenvalue weighted by Gasteiger charge is -2.05. The number of hydrogen-bond donors (Lipinski definition) is 2. The van der Waals surface area contributed by atoms with Crippen molar-refractivity contribution in [2.75, 3.05) is 22.6 Å². The summed E-state index contributed by atoms with van der Waals surface area (Å²) in [6, 6.07) is 7.24. The second-order valence-corrected chi connectivity index (χ2v) is 5.04. The summed E-state index contributed by atoms with van der Waals surface area (Å²) in [5.41, 5.74) is 7.07. The predicted molar refractivity (Wildman–Crippen MR) is 76.3 cm³/mol. The van der Waals surface area contributed by atoms with E-state index in [1.165, 1.54) is 19.3 Å². The summed E-state index contributed by atoms with van der Waals surface area (Å²) in [5, 5.41) is 2.83. The Morgan fingerprint density at radius 3 is 2.94 bits per heavy atom. The van der Waals surface area contributed by atoms with Crippen LogP contribution in [0.4, 0.5) is 11.4 Å². The number of thioether (sulfide) groups is 1. The summed E-state index contributed by atoms with van der Waals surface area (Å²) in [6.45, 7) is 2.18. The summed E-state index contributed by atoms with van der Waals surface area (Å²) < 4.78 is 0. The number of carbonyl (C=O) groups is 1. The van der Waals surface area contributed by atoms with Gasteiger partial charge < -0.3 is 11.1 Å². The van der Waals surface area contributed by atoms with Crippen molar-refractivity contribution >= 4 is 29.0 Å². The fraction of sp³-hybridized carbons (Fsp3) is 0.462. The fourth-order valence-electron chi connectivity index (χ4n) is 1.43. The van der Waals surface area contributed by atoms with E-state index < -0.39 is 0 Å². The Hall–Kier alpha value is -1.16. The third kappa shape index (κ3) is 6.22. The van der Waals surface area contributed by atoms with Gasteiger partial charge in [-0.05, 0) is 30.4 Å². The molecule has 1 aromatic rings. The minimum atomic E-state index is 0.0390. The minimum Gasteiger partial charge on any atom is -0.399 e. The highest BCUT2D eigenvalue weighted by atomic mass is 32.2. The molecule has 0 heterocycles. The third-order valence-electron chi connectivity index (χ3n) is 2.30. The number of rotatable bonds is 7. The molecule has 3 N–H and O–H groups in total. The Balaban J connectivity index is 2.21. The lowest BCUT2D eigenvalue weighted by atomic mass is 10.3.